The maximum absolute atomic E-state index is 12.2. The fraction of sp³-hybridized carbons (Fsp3) is 0.118. The van der Waals surface area contributed by atoms with E-state index in [1.807, 2.05) is 30.3 Å². The highest BCUT2D eigenvalue weighted by Gasteiger charge is 2.15. The van der Waals surface area contributed by atoms with Crippen LogP contribution in [0, 0.1) is 0 Å². The van der Waals surface area contributed by atoms with E-state index >= 15 is 0 Å². The summed E-state index contributed by atoms with van der Waals surface area (Å²) in [6.45, 7) is 0. The third-order valence-electron chi connectivity index (χ3n) is 3.55. The van der Waals surface area contributed by atoms with Gasteiger partial charge in [0, 0.05) is 10.0 Å². The predicted molar refractivity (Wildman–Crippen MR) is 91.9 cm³/mol. The number of imidazole rings is 1. The van der Waals surface area contributed by atoms with Crippen molar-refractivity contribution in [1.29, 1.82) is 0 Å². The van der Waals surface area contributed by atoms with Gasteiger partial charge in [-0.25, -0.2) is 9.36 Å². The lowest BCUT2D eigenvalue weighted by Gasteiger charge is -2.05. The minimum absolute atomic E-state index is 0.121. The molecule has 4 nitrogen and oxygen atoms in total. The molecule has 3 rings (SSSR count). The molecule has 0 aliphatic rings. The van der Waals surface area contributed by atoms with E-state index < -0.39 is 5.69 Å². The lowest BCUT2D eigenvalue weighted by Crippen LogP contribution is -2.14. The number of halogens is 2. The van der Waals surface area contributed by atoms with Crippen LogP contribution in [0.4, 0.5) is 0 Å². The third kappa shape index (κ3) is 3.44. The molecule has 0 unspecified atom stereocenters. The lowest BCUT2D eigenvalue weighted by molar-refractivity contribution is 0.434. The molecule has 0 spiro atoms. The smallest absolute Gasteiger partial charge is 0.333 e. The minimum atomic E-state index is -0.427. The average molecular weight is 349 g/mol. The summed E-state index contributed by atoms with van der Waals surface area (Å²) in [7, 11) is 0. The topological polar surface area (TPSA) is 58.0 Å². The number of aromatic nitrogens is 2. The van der Waals surface area contributed by atoms with Gasteiger partial charge in [0.2, 0.25) is 5.88 Å². The summed E-state index contributed by atoms with van der Waals surface area (Å²) in [5.41, 5.74) is 1.61. The predicted octanol–water partition coefficient (Wildman–Crippen LogP) is 3.96. The van der Waals surface area contributed by atoms with Crippen LogP contribution in [-0.4, -0.2) is 14.7 Å². The fourth-order valence-corrected chi connectivity index (χ4v) is 2.98. The van der Waals surface area contributed by atoms with Gasteiger partial charge in [-0.15, -0.1) is 0 Å². The Balaban J connectivity index is 1.92. The summed E-state index contributed by atoms with van der Waals surface area (Å²) >= 11 is 11.9. The van der Waals surface area contributed by atoms with Crippen molar-refractivity contribution in [3.05, 3.63) is 80.3 Å². The molecule has 23 heavy (non-hydrogen) atoms. The summed E-state index contributed by atoms with van der Waals surface area (Å²) in [6, 6.07) is 14.6. The molecule has 0 atom stereocenters. The highest BCUT2D eigenvalue weighted by atomic mass is 35.5. The standard InChI is InChI=1S/C17H14Cl2N2O2/c18-12-8-13(19)10-14(9-12)21-16(22)15(20-17(21)23)7-6-11-4-2-1-3-5-11/h1-5,8-10,22H,6-7H2,(H,20,23). The van der Waals surface area contributed by atoms with Gasteiger partial charge in [0.25, 0.3) is 0 Å². The van der Waals surface area contributed by atoms with Crippen LogP contribution in [-0.2, 0) is 12.8 Å². The number of nitrogens with one attached hydrogen (secondary N) is 1. The molecule has 0 aliphatic heterocycles. The minimum Gasteiger partial charge on any atom is -0.493 e. The van der Waals surface area contributed by atoms with Crippen LogP contribution < -0.4 is 5.69 Å². The van der Waals surface area contributed by atoms with Crippen molar-refractivity contribution in [2.45, 2.75) is 12.8 Å². The van der Waals surface area contributed by atoms with Gasteiger partial charge >= 0.3 is 5.69 Å². The van der Waals surface area contributed by atoms with Gasteiger partial charge in [0.05, 0.1) is 11.4 Å². The highest BCUT2D eigenvalue weighted by molar-refractivity contribution is 6.34. The van der Waals surface area contributed by atoms with Crippen molar-refractivity contribution in [3.8, 4) is 11.6 Å². The Labute approximate surface area is 142 Å². The number of aryl methyl sites for hydroxylation is 2. The number of nitrogens with zero attached hydrogens (tertiary/aromatic N) is 1. The molecule has 3 aromatic rings. The number of aromatic hydroxyl groups is 1. The first-order chi connectivity index (χ1) is 11.0. The van der Waals surface area contributed by atoms with Crippen LogP contribution in [0.1, 0.15) is 11.3 Å². The Morgan fingerprint density at radius 2 is 1.65 bits per heavy atom. The Morgan fingerprint density at radius 1 is 1.00 bits per heavy atom. The zero-order valence-electron chi connectivity index (χ0n) is 12.1. The van der Waals surface area contributed by atoms with E-state index in [9.17, 15) is 9.90 Å². The second-order valence-corrected chi connectivity index (χ2v) is 6.05. The van der Waals surface area contributed by atoms with E-state index in [2.05, 4.69) is 4.98 Å². The SMILES string of the molecule is O=c1[nH]c(CCc2ccccc2)c(O)n1-c1cc(Cl)cc(Cl)c1. The van der Waals surface area contributed by atoms with Crippen molar-refractivity contribution in [2.75, 3.05) is 0 Å². The first-order valence-corrected chi connectivity index (χ1v) is 7.83. The third-order valence-corrected chi connectivity index (χ3v) is 3.99. The van der Waals surface area contributed by atoms with E-state index in [4.69, 9.17) is 23.2 Å². The van der Waals surface area contributed by atoms with Crippen molar-refractivity contribution in [1.82, 2.24) is 9.55 Å². The van der Waals surface area contributed by atoms with Crippen LogP contribution in [0.15, 0.2) is 53.3 Å². The molecule has 0 saturated carbocycles. The molecular weight excluding hydrogens is 335 g/mol. The molecule has 0 aliphatic carbocycles. The van der Waals surface area contributed by atoms with Gasteiger partial charge in [-0.2, -0.15) is 0 Å². The molecule has 2 aromatic carbocycles. The number of benzene rings is 2. The molecule has 2 N–H and O–H groups in total. The second-order valence-electron chi connectivity index (χ2n) is 5.18. The number of rotatable bonds is 4. The molecule has 6 heteroatoms. The fourth-order valence-electron chi connectivity index (χ4n) is 2.47. The van der Waals surface area contributed by atoms with Gasteiger partial charge < -0.3 is 10.1 Å². The van der Waals surface area contributed by atoms with Crippen LogP contribution in [0.3, 0.4) is 0 Å². The molecule has 0 bridgehead atoms. The van der Waals surface area contributed by atoms with Crippen LogP contribution in [0.5, 0.6) is 5.88 Å². The average Bonchev–Trinajstić information content (AvgIpc) is 2.79. The second kappa shape index (κ2) is 6.52. The molecule has 118 valence electrons. The summed E-state index contributed by atoms with van der Waals surface area (Å²) in [5.74, 6) is -0.121. The molecule has 0 amide bonds. The van der Waals surface area contributed by atoms with E-state index in [1.165, 1.54) is 0 Å². The number of aromatic amines is 1. The molecule has 0 saturated heterocycles. The van der Waals surface area contributed by atoms with Crippen LogP contribution >= 0.6 is 23.2 Å². The Kier molecular flexibility index (Phi) is 4.46. The Morgan fingerprint density at radius 3 is 2.30 bits per heavy atom. The molecule has 0 radical (unpaired) electrons. The molecule has 1 aromatic heterocycles. The van der Waals surface area contributed by atoms with Crippen LogP contribution in [0.25, 0.3) is 5.69 Å². The van der Waals surface area contributed by atoms with Gasteiger partial charge in [-0.3, -0.25) is 0 Å². The quantitative estimate of drug-likeness (QED) is 0.749. The van der Waals surface area contributed by atoms with E-state index in [0.29, 0.717) is 34.3 Å². The molecule has 0 fully saturated rings. The normalized spacial score (nSPS) is 10.9. The monoisotopic (exact) mass is 348 g/mol. The summed E-state index contributed by atoms with van der Waals surface area (Å²) < 4.78 is 1.16. The number of hydrogen-bond acceptors (Lipinski definition) is 2. The highest BCUT2D eigenvalue weighted by Crippen LogP contribution is 2.25. The van der Waals surface area contributed by atoms with Gasteiger partial charge in [0.15, 0.2) is 0 Å². The number of hydrogen-bond donors (Lipinski definition) is 2. The Hall–Kier alpha value is -2.17. The van der Waals surface area contributed by atoms with E-state index in [1.54, 1.807) is 18.2 Å². The van der Waals surface area contributed by atoms with Crippen LogP contribution in [0.2, 0.25) is 10.0 Å². The largest absolute Gasteiger partial charge is 0.493 e. The van der Waals surface area contributed by atoms with Gasteiger partial charge in [-0.1, -0.05) is 53.5 Å². The molecule has 1 heterocycles. The lowest BCUT2D eigenvalue weighted by atomic mass is 10.1. The summed E-state index contributed by atoms with van der Waals surface area (Å²) in [6.07, 6.45) is 1.23. The van der Waals surface area contributed by atoms with Gasteiger partial charge in [0.1, 0.15) is 0 Å². The summed E-state index contributed by atoms with van der Waals surface area (Å²) in [4.78, 5) is 14.8. The van der Waals surface area contributed by atoms with Crippen molar-refractivity contribution in [2.24, 2.45) is 0 Å². The van der Waals surface area contributed by atoms with Crippen molar-refractivity contribution < 1.29 is 5.11 Å². The number of H-pyrrole nitrogens is 1. The van der Waals surface area contributed by atoms with Gasteiger partial charge in [-0.05, 0) is 36.6 Å². The van der Waals surface area contributed by atoms with Crippen molar-refractivity contribution in [3.63, 3.8) is 0 Å². The first kappa shape index (κ1) is 15.7. The zero-order chi connectivity index (χ0) is 16.4. The summed E-state index contributed by atoms with van der Waals surface area (Å²) in [5, 5.41) is 11.2. The maximum atomic E-state index is 12.2. The van der Waals surface area contributed by atoms with E-state index in [0.717, 1.165) is 10.1 Å². The zero-order valence-corrected chi connectivity index (χ0v) is 13.6. The Bertz CT molecular complexity index is 865. The first-order valence-electron chi connectivity index (χ1n) is 7.08. The van der Waals surface area contributed by atoms with E-state index in [-0.39, 0.29) is 5.88 Å². The van der Waals surface area contributed by atoms with Crippen molar-refractivity contribution >= 4 is 23.2 Å². The maximum Gasteiger partial charge on any atom is 0.333 e. The molecular formula is C17H14Cl2N2O2.